The molecule has 2 aliphatic carbocycles. The first-order valence-corrected chi connectivity index (χ1v) is 12.6. The highest BCUT2D eigenvalue weighted by Gasteiger charge is 2.66. The molecule has 4 rings (SSSR count). The van der Waals surface area contributed by atoms with Gasteiger partial charge in [0.1, 0.15) is 0 Å². The largest absolute Gasteiger partial charge is 0.456 e. The fourth-order valence-electron chi connectivity index (χ4n) is 5.04. The van der Waals surface area contributed by atoms with E-state index in [9.17, 15) is 32.3 Å². The highest BCUT2D eigenvalue weighted by atomic mass is 79.9. The summed E-state index contributed by atoms with van der Waals surface area (Å²) in [5, 5.41) is 2.05. The Hall–Kier alpha value is -1.66. The highest BCUT2D eigenvalue weighted by Crippen LogP contribution is 2.60. The lowest BCUT2D eigenvalue weighted by atomic mass is 9.81. The molecule has 1 N–H and O–H groups in total. The highest BCUT2D eigenvalue weighted by molar-refractivity contribution is 9.12. The number of nitrogens with zero attached hydrogens (tertiary/aromatic N) is 1. The number of carbonyl (C=O) groups is 4. The molecule has 3 amide bonds. The van der Waals surface area contributed by atoms with Gasteiger partial charge in [-0.15, -0.1) is 0 Å². The summed E-state index contributed by atoms with van der Waals surface area (Å²) in [6.45, 7) is -0.927. The van der Waals surface area contributed by atoms with Gasteiger partial charge in [0, 0.05) is 16.2 Å². The van der Waals surface area contributed by atoms with Crippen LogP contribution in [0.15, 0.2) is 18.2 Å². The third-order valence-corrected chi connectivity index (χ3v) is 10.1. The Bertz CT molecular complexity index is 1020. The average Bonchev–Trinajstić information content (AvgIpc) is 3.37. The van der Waals surface area contributed by atoms with Crippen molar-refractivity contribution in [3.05, 3.63) is 28.8 Å². The number of esters is 1. The summed E-state index contributed by atoms with van der Waals surface area (Å²) in [7, 11) is 0. The molecule has 0 spiro atoms. The molecular weight excluding hydrogens is 612 g/mol. The van der Waals surface area contributed by atoms with Crippen LogP contribution >= 0.6 is 43.5 Å². The first-order chi connectivity index (χ1) is 15.9. The number of carbonyl (C=O) groups excluding carboxylic acids is 4. The number of halogens is 6. The summed E-state index contributed by atoms with van der Waals surface area (Å²) in [4.78, 5) is 51.0. The number of fused-ring (bicyclic) bond motifs is 5. The number of benzene rings is 1. The van der Waals surface area contributed by atoms with Crippen molar-refractivity contribution in [1.29, 1.82) is 0 Å². The van der Waals surface area contributed by atoms with Crippen molar-refractivity contribution in [3.63, 3.8) is 0 Å². The van der Waals surface area contributed by atoms with Crippen molar-refractivity contribution in [2.75, 3.05) is 18.5 Å². The molecule has 184 valence electrons. The maximum Gasteiger partial charge on any atom is 0.416 e. The van der Waals surface area contributed by atoms with Crippen molar-refractivity contribution in [2.45, 2.75) is 28.7 Å². The summed E-state index contributed by atoms with van der Waals surface area (Å²) in [5.41, 5.74) is -1.28. The molecule has 0 aromatic heterocycles. The minimum atomic E-state index is -4.62. The van der Waals surface area contributed by atoms with E-state index >= 15 is 0 Å². The number of hydrogen-bond acceptors (Lipinski definition) is 5. The zero-order valence-corrected chi connectivity index (χ0v) is 21.2. The van der Waals surface area contributed by atoms with Crippen LogP contribution in [0.4, 0.5) is 18.9 Å². The molecule has 34 heavy (non-hydrogen) atoms. The van der Waals surface area contributed by atoms with Crippen LogP contribution in [0.1, 0.15) is 18.4 Å². The maximum absolute atomic E-state index is 12.8. The molecule has 7 nitrogen and oxygen atoms in total. The van der Waals surface area contributed by atoms with Gasteiger partial charge in [-0.3, -0.25) is 24.1 Å². The number of anilines is 1. The molecule has 6 atom stereocenters. The summed E-state index contributed by atoms with van der Waals surface area (Å²) in [6.07, 6.45) is -4.14. The standard InChI is InChI=1S/C21H18Br2ClF3N2O5/c22-17-9-6-10(18(17)23)16-15(9)19(32)29(20(16)33)4-3-14(31)34-7-13(30)28-12-5-8(21(25,26)27)1-2-11(12)24/h1-2,5,9-10,15-18H,3-4,6-7H2,(H,28,30)/t9-,10-,15-,16-,17-,18+/m1/s1. The van der Waals surface area contributed by atoms with E-state index in [1.54, 1.807) is 0 Å². The number of rotatable bonds is 6. The van der Waals surface area contributed by atoms with E-state index in [-0.39, 0.29) is 57.0 Å². The van der Waals surface area contributed by atoms with Gasteiger partial charge in [-0.25, -0.2) is 0 Å². The molecule has 2 bridgehead atoms. The van der Waals surface area contributed by atoms with Gasteiger partial charge in [0.25, 0.3) is 5.91 Å². The molecule has 3 aliphatic rings. The van der Waals surface area contributed by atoms with Gasteiger partial charge < -0.3 is 10.1 Å². The van der Waals surface area contributed by atoms with Crippen LogP contribution in [0.2, 0.25) is 5.02 Å². The van der Waals surface area contributed by atoms with E-state index in [1.807, 2.05) is 0 Å². The Balaban J connectivity index is 1.27. The zero-order chi connectivity index (χ0) is 24.9. The summed E-state index contributed by atoms with van der Waals surface area (Å²) in [5.74, 6) is -2.99. The van der Waals surface area contributed by atoms with Gasteiger partial charge in [-0.05, 0) is 36.5 Å². The average molecular weight is 631 g/mol. The lowest BCUT2D eigenvalue weighted by molar-refractivity contribution is -0.149. The minimum Gasteiger partial charge on any atom is -0.456 e. The molecule has 1 aromatic carbocycles. The van der Waals surface area contributed by atoms with E-state index < -0.39 is 42.1 Å². The molecule has 1 aromatic rings. The predicted octanol–water partition coefficient (Wildman–Crippen LogP) is 4.01. The third-order valence-electron chi connectivity index (χ3n) is 6.55. The van der Waals surface area contributed by atoms with Crippen molar-refractivity contribution >= 4 is 72.8 Å². The number of hydrogen-bond donors (Lipinski definition) is 1. The second-order valence-electron chi connectivity index (χ2n) is 8.48. The molecular formula is C21H18Br2ClF3N2O5. The maximum atomic E-state index is 12.8. The topological polar surface area (TPSA) is 92.8 Å². The SMILES string of the molecule is O=C(COC(=O)CCN1C(=O)[C@@H]2[C@H]3C[C@@H]([C@@H](Br)[C@H]3Br)[C@H]2C1=O)Nc1cc(C(F)(F)F)ccc1Cl. The van der Waals surface area contributed by atoms with Gasteiger partial charge in [-0.2, -0.15) is 13.2 Å². The van der Waals surface area contributed by atoms with Crippen LogP contribution < -0.4 is 5.32 Å². The Morgan fingerprint density at radius 1 is 1.12 bits per heavy atom. The molecule has 0 radical (unpaired) electrons. The van der Waals surface area contributed by atoms with Crippen LogP contribution in [-0.2, 0) is 30.1 Å². The smallest absolute Gasteiger partial charge is 0.416 e. The normalized spacial score (nSPS) is 30.0. The van der Waals surface area contributed by atoms with Crippen molar-refractivity contribution in [3.8, 4) is 0 Å². The first-order valence-electron chi connectivity index (χ1n) is 10.4. The van der Waals surface area contributed by atoms with E-state index in [0.717, 1.165) is 23.5 Å². The molecule has 3 fully saturated rings. The fraction of sp³-hybridized carbons (Fsp3) is 0.524. The lowest BCUT2D eigenvalue weighted by Crippen LogP contribution is -2.37. The number of likely N-dealkylation sites (tertiary alicyclic amines) is 1. The number of imide groups is 1. The van der Waals surface area contributed by atoms with Gasteiger partial charge in [0.15, 0.2) is 6.61 Å². The van der Waals surface area contributed by atoms with E-state index in [0.29, 0.717) is 6.07 Å². The Labute approximate surface area is 213 Å². The van der Waals surface area contributed by atoms with Gasteiger partial charge >= 0.3 is 12.1 Å². The van der Waals surface area contributed by atoms with E-state index in [1.165, 1.54) is 0 Å². The first kappa shape index (κ1) is 25.4. The monoisotopic (exact) mass is 628 g/mol. The lowest BCUT2D eigenvalue weighted by Gasteiger charge is -2.28. The number of alkyl halides is 5. The number of amides is 3. The Kier molecular flexibility index (Phi) is 7.05. The number of nitrogens with one attached hydrogen (secondary N) is 1. The van der Waals surface area contributed by atoms with E-state index in [2.05, 4.69) is 37.2 Å². The zero-order valence-electron chi connectivity index (χ0n) is 17.3. The van der Waals surface area contributed by atoms with Crippen molar-refractivity contribution in [2.24, 2.45) is 23.7 Å². The van der Waals surface area contributed by atoms with Gasteiger partial charge in [0.05, 0.1) is 34.5 Å². The minimum absolute atomic E-state index is 0.0548. The van der Waals surface area contributed by atoms with Crippen LogP contribution in [-0.4, -0.2) is 51.4 Å². The van der Waals surface area contributed by atoms with Gasteiger partial charge in [0.2, 0.25) is 11.8 Å². The van der Waals surface area contributed by atoms with Crippen LogP contribution in [0.25, 0.3) is 0 Å². The molecule has 1 aliphatic heterocycles. The molecule has 1 saturated heterocycles. The fourth-order valence-corrected chi connectivity index (χ4v) is 7.07. The third kappa shape index (κ3) is 4.60. The number of ether oxygens (including phenoxy) is 1. The Morgan fingerprint density at radius 3 is 2.26 bits per heavy atom. The summed E-state index contributed by atoms with van der Waals surface area (Å²) >= 11 is 13.0. The van der Waals surface area contributed by atoms with Crippen molar-refractivity contribution < 1.29 is 37.1 Å². The van der Waals surface area contributed by atoms with E-state index in [4.69, 9.17) is 16.3 Å². The summed E-state index contributed by atoms with van der Waals surface area (Å²) < 4.78 is 43.4. The quantitative estimate of drug-likeness (QED) is 0.292. The van der Waals surface area contributed by atoms with Crippen LogP contribution in [0.5, 0.6) is 0 Å². The molecule has 1 heterocycles. The molecule has 2 saturated carbocycles. The molecule has 0 unspecified atom stereocenters. The van der Waals surface area contributed by atoms with Crippen LogP contribution in [0.3, 0.4) is 0 Å². The predicted molar refractivity (Wildman–Crippen MR) is 121 cm³/mol. The second-order valence-corrected chi connectivity index (χ2v) is 11.0. The summed E-state index contributed by atoms with van der Waals surface area (Å²) in [6, 6.07) is 2.44. The van der Waals surface area contributed by atoms with Gasteiger partial charge in [-0.1, -0.05) is 43.5 Å². The van der Waals surface area contributed by atoms with Crippen LogP contribution in [0, 0.1) is 23.7 Å². The Morgan fingerprint density at radius 2 is 1.71 bits per heavy atom. The molecule has 13 heteroatoms. The second kappa shape index (κ2) is 9.42. The van der Waals surface area contributed by atoms with Crippen molar-refractivity contribution in [1.82, 2.24) is 4.90 Å².